The van der Waals surface area contributed by atoms with Crippen molar-refractivity contribution in [2.45, 2.75) is 26.8 Å². The van der Waals surface area contributed by atoms with Gasteiger partial charge in [-0.3, -0.25) is 4.98 Å². The summed E-state index contributed by atoms with van der Waals surface area (Å²) in [6.07, 6.45) is 8.83. The minimum Gasteiger partial charge on any atom is -0.330 e. The Morgan fingerprint density at radius 1 is 1.08 bits per heavy atom. The molecule has 4 aromatic rings. The lowest BCUT2D eigenvalue weighted by Crippen LogP contribution is -2.09. The first-order valence-corrected chi connectivity index (χ1v) is 8.71. The largest absolute Gasteiger partial charge is 0.330 e. The molecule has 6 nitrogen and oxygen atoms in total. The second kappa shape index (κ2) is 5.62. The van der Waals surface area contributed by atoms with Crippen LogP contribution in [0.2, 0.25) is 0 Å². The zero-order chi connectivity index (χ0) is 17.7. The lowest BCUT2D eigenvalue weighted by molar-refractivity contribution is 0.683. The maximum Gasteiger partial charge on any atom is 0.177 e. The van der Waals surface area contributed by atoms with Gasteiger partial charge in [0.2, 0.25) is 0 Å². The highest BCUT2D eigenvalue weighted by atomic mass is 15.3. The minimum atomic E-state index is 0.663. The van der Waals surface area contributed by atoms with Crippen LogP contribution in [0.3, 0.4) is 0 Å². The van der Waals surface area contributed by atoms with Crippen molar-refractivity contribution in [2.24, 2.45) is 0 Å². The van der Waals surface area contributed by atoms with E-state index in [1.165, 1.54) is 11.1 Å². The molecule has 1 aliphatic heterocycles. The first-order chi connectivity index (χ1) is 12.7. The van der Waals surface area contributed by atoms with Crippen molar-refractivity contribution in [1.82, 2.24) is 29.1 Å². The smallest absolute Gasteiger partial charge is 0.177 e. The summed E-state index contributed by atoms with van der Waals surface area (Å²) in [5.41, 5.74) is 6.14. The van der Waals surface area contributed by atoms with Gasteiger partial charge in [-0.1, -0.05) is 24.3 Å². The number of fused-ring (bicyclic) bond motifs is 4. The van der Waals surface area contributed by atoms with E-state index in [0.29, 0.717) is 5.82 Å². The average Bonchev–Trinajstić information content (AvgIpc) is 3.28. The number of aryl methyl sites for hydroxylation is 4. The predicted octanol–water partition coefficient (Wildman–Crippen LogP) is 3.33. The van der Waals surface area contributed by atoms with Crippen LogP contribution in [0.4, 0.5) is 0 Å². The van der Waals surface area contributed by atoms with Gasteiger partial charge in [0, 0.05) is 24.5 Å². The van der Waals surface area contributed by atoms with Crippen LogP contribution in [0.5, 0.6) is 0 Å². The van der Waals surface area contributed by atoms with Crippen molar-refractivity contribution in [2.75, 3.05) is 0 Å². The SMILES string of the molecule is Cc1ncc(C)n2nc(C=Cc3cn4c(n3)-c3ccccc3CC4)nc12. The van der Waals surface area contributed by atoms with Crippen LogP contribution in [-0.4, -0.2) is 29.1 Å². The van der Waals surface area contributed by atoms with Gasteiger partial charge in [0.25, 0.3) is 0 Å². The van der Waals surface area contributed by atoms with Crippen molar-refractivity contribution in [3.05, 3.63) is 65.1 Å². The Labute approximate surface area is 150 Å². The van der Waals surface area contributed by atoms with Gasteiger partial charge in [0.05, 0.1) is 17.1 Å². The quantitative estimate of drug-likeness (QED) is 0.561. The van der Waals surface area contributed by atoms with Gasteiger partial charge in [0.15, 0.2) is 11.5 Å². The first-order valence-electron chi connectivity index (χ1n) is 8.71. The van der Waals surface area contributed by atoms with Gasteiger partial charge in [0.1, 0.15) is 5.82 Å². The fraction of sp³-hybridized carbons (Fsp3) is 0.200. The van der Waals surface area contributed by atoms with Gasteiger partial charge in [-0.05, 0) is 38.0 Å². The highest BCUT2D eigenvalue weighted by Gasteiger charge is 2.17. The minimum absolute atomic E-state index is 0.663. The molecule has 0 bridgehead atoms. The molecule has 0 saturated heterocycles. The van der Waals surface area contributed by atoms with Crippen molar-refractivity contribution in [1.29, 1.82) is 0 Å². The molecule has 0 aliphatic carbocycles. The number of rotatable bonds is 2. The zero-order valence-corrected chi connectivity index (χ0v) is 14.7. The van der Waals surface area contributed by atoms with E-state index in [2.05, 4.69) is 50.1 Å². The molecule has 0 spiro atoms. The van der Waals surface area contributed by atoms with Crippen LogP contribution in [0.1, 0.15) is 28.5 Å². The molecule has 26 heavy (non-hydrogen) atoms. The molecule has 0 radical (unpaired) electrons. The van der Waals surface area contributed by atoms with Crippen LogP contribution < -0.4 is 0 Å². The maximum absolute atomic E-state index is 4.80. The summed E-state index contributed by atoms with van der Waals surface area (Å²) in [6, 6.07) is 8.48. The Morgan fingerprint density at radius 3 is 2.85 bits per heavy atom. The van der Waals surface area contributed by atoms with Gasteiger partial charge in [-0.25, -0.2) is 14.5 Å². The van der Waals surface area contributed by atoms with Gasteiger partial charge < -0.3 is 4.57 Å². The summed E-state index contributed by atoms with van der Waals surface area (Å²) in [5, 5.41) is 4.55. The van der Waals surface area contributed by atoms with Gasteiger partial charge in [-0.15, -0.1) is 5.10 Å². The molecule has 128 valence electrons. The fourth-order valence-corrected chi connectivity index (χ4v) is 3.44. The van der Waals surface area contributed by atoms with Crippen LogP contribution in [0.25, 0.3) is 29.2 Å². The second-order valence-corrected chi connectivity index (χ2v) is 6.61. The molecule has 0 unspecified atom stereocenters. The summed E-state index contributed by atoms with van der Waals surface area (Å²) in [5.74, 6) is 1.70. The number of imidazole rings is 1. The molecule has 4 heterocycles. The maximum atomic E-state index is 4.80. The molecule has 5 rings (SSSR count). The standard InChI is InChI=1S/C20H18N6/c1-13-11-21-14(2)19-23-18(24-26(13)19)8-7-16-12-25-10-9-15-5-3-4-6-17(15)20(25)22-16/h3-8,11-12H,9-10H2,1-2H3. The Hall–Kier alpha value is -3.28. The van der Waals surface area contributed by atoms with E-state index in [0.717, 1.165) is 41.5 Å². The van der Waals surface area contributed by atoms with E-state index in [1.54, 1.807) is 0 Å². The Kier molecular flexibility index (Phi) is 3.25. The third-order valence-corrected chi connectivity index (χ3v) is 4.80. The summed E-state index contributed by atoms with van der Waals surface area (Å²) in [4.78, 5) is 13.7. The summed E-state index contributed by atoms with van der Waals surface area (Å²) < 4.78 is 4.05. The summed E-state index contributed by atoms with van der Waals surface area (Å²) in [7, 11) is 0. The molecule has 0 amide bonds. The third kappa shape index (κ3) is 2.34. The molecule has 6 heteroatoms. The van der Waals surface area contributed by atoms with E-state index in [9.17, 15) is 0 Å². The van der Waals surface area contributed by atoms with Crippen molar-refractivity contribution in [3.63, 3.8) is 0 Å². The molecular weight excluding hydrogens is 324 g/mol. The molecule has 0 N–H and O–H groups in total. The average molecular weight is 342 g/mol. The predicted molar refractivity (Wildman–Crippen MR) is 101 cm³/mol. The van der Waals surface area contributed by atoms with Crippen molar-refractivity contribution in [3.8, 4) is 11.4 Å². The molecule has 0 fully saturated rings. The van der Waals surface area contributed by atoms with Gasteiger partial charge >= 0.3 is 0 Å². The van der Waals surface area contributed by atoms with Crippen LogP contribution >= 0.6 is 0 Å². The van der Waals surface area contributed by atoms with E-state index >= 15 is 0 Å². The normalized spacial score (nSPS) is 13.3. The van der Waals surface area contributed by atoms with Crippen molar-refractivity contribution < 1.29 is 0 Å². The lowest BCUT2D eigenvalue weighted by Gasteiger charge is -2.17. The Balaban J connectivity index is 1.51. The van der Waals surface area contributed by atoms with Crippen LogP contribution in [-0.2, 0) is 13.0 Å². The number of nitrogens with zero attached hydrogens (tertiary/aromatic N) is 6. The molecule has 0 atom stereocenters. The highest BCUT2D eigenvalue weighted by Crippen LogP contribution is 2.28. The van der Waals surface area contributed by atoms with E-state index < -0.39 is 0 Å². The second-order valence-electron chi connectivity index (χ2n) is 6.61. The van der Waals surface area contributed by atoms with Crippen molar-refractivity contribution >= 4 is 17.8 Å². The summed E-state index contributed by atoms with van der Waals surface area (Å²) >= 11 is 0. The topological polar surface area (TPSA) is 60.9 Å². The Morgan fingerprint density at radius 2 is 1.96 bits per heavy atom. The van der Waals surface area contributed by atoms with E-state index in [-0.39, 0.29) is 0 Å². The zero-order valence-electron chi connectivity index (χ0n) is 14.7. The molecule has 1 aliphatic rings. The lowest BCUT2D eigenvalue weighted by atomic mass is 10.0. The molecular formula is C20H18N6. The molecule has 1 aromatic carbocycles. The van der Waals surface area contributed by atoms with Gasteiger partial charge in [-0.2, -0.15) is 0 Å². The molecule has 0 saturated carbocycles. The number of hydrogen-bond acceptors (Lipinski definition) is 4. The number of hydrogen-bond donors (Lipinski definition) is 0. The number of benzene rings is 1. The Bertz CT molecular complexity index is 1130. The van der Waals surface area contributed by atoms with Crippen LogP contribution in [0, 0.1) is 13.8 Å². The van der Waals surface area contributed by atoms with E-state index in [1.807, 2.05) is 36.7 Å². The van der Waals surface area contributed by atoms with Crippen LogP contribution in [0.15, 0.2) is 36.7 Å². The van der Waals surface area contributed by atoms with E-state index in [4.69, 9.17) is 4.98 Å². The summed E-state index contributed by atoms with van der Waals surface area (Å²) in [6.45, 7) is 4.88. The monoisotopic (exact) mass is 342 g/mol. The highest BCUT2D eigenvalue weighted by molar-refractivity contribution is 5.69. The fourth-order valence-electron chi connectivity index (χ4n) is 3.44. The molecule has 3 aromatic heterocycles. The number of aromatic nitrogens is 6. The first kappa shape index (κ1) is 15.0. The third-order valence-electron chi connectivity index (χ3n) is 4.80.